The Kier molecular flexibility index (Phi) is 4.92. The Bertz CT molecular complexity index is 1460. The van der Waals surface area contributed by atoms with E-state index in [2.05, 4.69) is 37.9 Å². The smallest absolute Gasteiger partial charge is 0.266 e. The van der Waals surface area contributed by atoms with Crippen LogP contribution in [0, 0.1) is 5.41 Å². The lowest BCUT2D eigenvalue weighted by Gasteiger charge is -2.66. The van der Waals surface area contributed by atoms with Crippen LogP contribution in [0.1, 0.15) is 36.9 Å². The van der Waals surface area contributed by atoms with Crippen LogP contribution in [0.2, 0.25) is 0 Å². The molecule has 0 atom stereocenters. The van der Waals surface area contributed by atoms with Gasteiger partial charge in [0.15, 0.2) is 0 Å². The fraction of sp³-hybridized carbons (Fsp3) is 0.462. The average molecular weight is 509 g/mol. The number of pyridine rings is 2. The number of aromatic nitrogens is 6. The molecule has 192 valence electrons. The van der Waals surface area contributed by atoms with Crippen molar-refractivity contribution in [1.82, 2.24) is 34.7 Å². The van der Waals surface area contributed by atoms with Crippen LogP contribution in [-0.2, 0) is 13.1 Å². The van der Waals surface area contributed by atoms with E-state index in [9.17, 15) is 13.2 Å². The third-order valence-corrected chi connectivity index (χ3v) is 7.88. The number of hydrogen-bond acceptors (Lipinski definition) is 6. The topological polar surface area (TPSA) is 76.2 Å². The molecule has 4 fully saturated rings. The quantitative estimate of drug-likeness (QED) is 0.390. The van der Waals surface area contributed by atoms with Gasteiger partial charge in [0.05, 0.1) is 36.9 Å². The Morgan fingerprint density at radius 3 is 2.68 bits per heavy atom. The normalized spacial score (nSPS) is 25.9. The highest BCUT2D eigenvalue weighted by atomic mass is 19.3. The van der Waals surface area contributed by atoms with Gasteiger partial charge < -0.3 is 14.6 Å². The highest BCUT2D eigenvalue weighted by molar-refractivity contribution is 5.63. The molecule has 2 bridgehead atoms. The van der Waals surface area contributed by atoms with Gasteiger partial charge in [-0.2, -0.15) is 0 Å². The zero-order valence-electron chi connectivity index (χ0n) is 20.2. The molecule has 8 rings (SSSR count). The van der Waals surface area contributed by atoms with Crippen molar-refractivity contribution in [3.8, 4) is 11.3 Å². The summed E-state index contributed by atoms with van der Waals surface area (Å²) in [6.45, 7) is 2.05. The number of anilines is 1. The summed E-state index contributed by atoms with van der Waals surface area (Å²) in [5.41, 5.74) is 4.18. The molecule has 0 radical (unpaired) electrons. The summed E-state index contributed by atoms with van der Waals surface area (Å²) >= 11 is 0. The minimum absolute atomic E-state index is 0.147. The number of halogens is 3. The van der Waals surface area contributed by atoms with Crippen molar-refractivity contribution < 1.29 is 13.2 Å². The van der Waals surface area contributed by atoms with Crippen molar-refractivity contribution in [2.45, 2.75) is 50.4 Å². The van der Waals surface area contributed by atoms with Crippen LogP contribution in [-0.4, -0.2) is 60.6 Å². The highest BCUT2D eigenvalue weighted by Gasteiger charge is 2.68. The number of fused-ring (bicyclic) bond motifs is 1. The number of nitrogens with zero attached hydrogens (tertiary/aromatic N) is 7. The maximum Gasteiger partial charge on any atom is 0.266 e. The van der Waals surface area contributed by atoms with Crippen LogP contribution in [0.4, 0.5) is 18.9 Å². The molecule has 11 heteroatoms. The molecule has 0 aromatic carbocycles. The SMILES string of the molecule is FC1(F)CCN(c2cncc(-c3cn(Cc4cn5cc(CNCC67CC(F)(C6)C7)ccc5n4)nn3)c2)C1. The fourth-order valence-electron chi connectivity index (χ4n) is 6.16. The zero-order valence-corrected chi connectivity index (χ0v) is 20.2. The molecule has 3 saturated carbocycles. The standard InChI is InChI=1S/C26H27F3N8/c27-25-13-24(14-25,15-25)16-31-6-18-1-2-23-32-20(10-36(23)9-18)11-37-12-22(33-34-37)19-5-21(8-30-7-19)35-4-3-26(28,29)17-35/h1-2,5,7-10,12,31H,3-4,6,11,13-17H2. The summed E-state index contributed by atoms with van der Waals surface area (Å²) in [4.78, 5) is 10.6. The largest absolute Gasteiger partial charge is 0.364 e. The molecule has 1 N–H and O–H groups in total. The molecular formula is C26H27F3N8. The monoisotopic (exact) mass is 508 g/mol. The molecule has 1 saturated heterocycles. The summed E-state index contributed by atoms with van der Waals surface area (Å²) in [6.07, 6.45) is 11.1. The number of hydrogen-bond donors (Lipinski definition) is 1. The van der Waals surface area contributed by atoms with Gasteiger partial charge in [-0.25, -0.2) is 22.8 Å². The second-order valence-corrected chi connectivity index (χ2v) is 11.1. The number of imidazole rings is 1. The predicted molar refractivity (Wildman–Crippen MR) is 131 cm³/mol. The molecular weight excluding hydrogens is 481 g/mol. The van der Waals surface area contributed by atoms with Crippen molar-refractivity contribution in [1.29, 1.82) is 0 Å². The van der Waals surface area contributed by atoms with E-state index < -0.39 is 11.6 Å². The lowest BCUT2D eigenvalue weighted by Crippen LogP contribution is -2.67. The lowest BCUT2D eigenvalue weighted by molar-refractivity contribution is -0.209. The van der Waals surface area contributed by atoms with E-state index in [0.717, 1.165) is 35.6 Å². The van der Waals surface area contributed by atoms with Crippen molar-refractivity contribution >= 4 is 11.3 Å². The Balaban J connectivity index is 1.00. The minimum atomic E-state index is -2.67. The zero-order chi connectivity index (χ0) is 25.3. The lowest BCUT2D eigenvalue weighted by atomic mass is 9.42. The Morgan fingerprint density at radius 1 is 1.03 bits per heavy atom. The van der Waals surface area contributed by atoms with Gasteiger partial charge in [-0.05, 0) is 42.4 Å². The van der Waals surface area contributed by atoms with Gasteiger partial charge >= 0.3 is 0 Å². The molecule has 1 aliphatic heterocycles. The van der Waals surface area contributed by atoms with E-state index in [0.29, 0.717) is 43.7 Å². The number of nitrogens with one attached hydrogen (secondary N) is 1. The summed E-state index contributed by atoms with van der Waals surface area (Å²) < 4.78 is 44.7. The van der Waals surface area contributed by atoms with Gasteiger partial charge in [0.25, 0.3) is 5.92 Å². The molecule has 8 nitrogen and oxygen atoms in total. The van der Waals surface area contributed by atoms with Gasteiger partial charge in [0, 0.05) is 50.2 Å². The van der Waals surface area contributed by atoms with E-state index in [4.69, 9.17) is 0 Å². The van der Waals surface area contributed by atoms with Crippen LogP contribution in [0.5, 0.6) is 0 Å². The first-order valence-electron chi connectivity index (χ1n) is 12.6. The predicted octanol–water partition coefficient (Wildman–Crippen LogP) is 3.86. The van der Waals surface area contributed by atoms with Crippen LogP contribution in [0.25, 0.3) is 16.9 Å². The number of alkyl halides is 3. The maximum absolute atomic E-state index is 13.7. The van der Waals surface area contributed by atoms with E-state index in [1.54, 1.807) is 22.0 Å². The first-order valence-corrected chi connectivity index (χ1v) is 12.6. The first-order chi connectivity index (χ1) is 17.8. The molecule has 4 aliphatic rings. The Morgan fingerprint density at radius 2 is 1.89 bits per heavy atom. The van der Waals surface area contributed by atoms with Crippen LogP contribution in [0.15, 0.2) is 49.2 Å². The van der Waals surface area contributed by atoms with E-state index in [1.165, 1.54) is 0 Å². The van der Waals surface area contributed by atoms with Crippen molar-refractivity contribution in [3.63, 3.8) is 0 Å². The van der Waals surface area contributed by atoms with Crippen molar-refractivity contribution in [2.75, 3.05) is 24.5 Å². The third kappa shape index (κ3) is 4.24. The average Bonchev–Trinajstić information content (AvgIpc) is 3.55. The van der Waals surface area contributed by atoms with E-state index in [1.807, 2.05) is 28.9 Å². The molecule has 37 heavy (non-hydrogen) atoms. The van der Waals surface area contributed by atoms with E-state index in [-0.39, 0.29) is 18.4 Å². The first kappa shape index (κ1) is 22.7. The van der Waals surface area contributed by atoms with Gasteiger partial charge in [-0.3, -0.25) is 4.98 Å². The van der Waals surface area contributed by atoms with Gasteiger partial charge in [-0.15, -0.1) is 5.10 Å². The summed E-state index contributed by atoms with van der Waals surface area (Å²) in [6, 6.07) is 5.87. The Hall–Kier alpha value is -3.47. The fourth-order valence-corrected chi connectivity index (χ4v) is 6.16. The molecule has 3 aliphatic carbocycles. The molecule has 5 heterocycles. The van der Waals surface area contributed by atoms with Crippen LogP contribution in [0.3, 0.4) is 0 Å². The molecule has 0 spiro atoms. The molecule has 0 unspecified atom stereocenters. The number of rotatable bonds is 8. The van der Waals surface area contributed by atoms with Crippen molar-refractivity contribution in [2.24, 2.45) is 5.41 Å². The van der Waals surface area contributed by atoms with Crippen LogP contribution >= 0.6 is 0 Å². The van der Waals surface area contributed by atoms with Gasteiger partial charge in [0.2, 0.25) is 0 Å². The molecule has 4 aromatic rings. The molecule has 0 amide bonds. The second kappa shape index (κ2) is 8.01. The molecule has 4 aromatic heterocycles. The van der Waals surface area contributed by atoms with Crippen molar-refractivity contribution in [3.05, 3.63) is 60.4 Å². The van der Waals surface area contributed by atoms with Gasteiger partial charge in [0.1, 0.15) is 17.0 Å². The second-order valence-electron chi connectivity index (χ2n) is 11.1. The summed E-state index contributed by atoms with van der Waals surface area (Å²) in [5, 5.41) is 12.0. The third-order valence-electron chi connectivity index (χ3n) is 7.88. The summed E-state index contributed by atoms with van der Waals surface area (Å²) in [7, 11) is 0. The van der Waals surface area contributed by atoms with E-state index >= 15 is 0 Å². The maximum atomic E-state index is 13.7. The Labute approximate surface area is 211 Å². The van der Waals surface area contributed by atoms with Gasteiger partial charge in [-0.1, -0.05) is 11.3 Å². The summed E-state index contributed by atoms with van der Waals surface area (Å²) in [5.74, 6) is -2.67. The minimum Gasteiger partial charge on any atom is -0.364 e. The van der Waals surface area contributed by atoms with Crippen LogP contribution < -0.4 is 10.2 Å². The highest BCUT2D eigenvalue weighted by Crippen LogP contribution is 2.69.